The average molecular weight is 398 g/mol. The van der Waals surface area contributed by atoms with Crippen LogP contribution >= 0.6 is 0 Å². The number of aromatic nitrogens is 2. The number of nitrogens with zero attached hydrogens (tertiary/aromatic N) is 2. The molecule has 2 aromatic rings. The first-order valence-corrected chi connectivity index (χ1v) is 11.6. The zero-order valence-corrected chi connectivity index (χ0v) is 19.7. The lowest BCUT2D eigenvalue weighted by atomic mass is 9.84. The molecule has 0 unspecified atom stereocenters. The lowest BCUT2D eigenvalue weighted by Crippen LogP contribution is -2.33. The first-order chi connectivity index (χ1) is 14.0. The van der Waals surface area contributed by atoms with Gasteiger partial charge in [0, 0.05) is 11.7 Å². The summed E-state index contributed by atoms with van der Waals surface area (Å²) in [5.41, 5.74) is 4.35. The summed E-state index contributed by atoms with van der Waals surface area (Å²) in [6, 6.07) is 13.1. The summed E-state index contributed by atoms with van der Waals surface area (Å²) in [4.78, 5) is 0. The average Bonchev–Trinajstić information content (AvgIpc) is 3.12. The van der Waals surface area contributed by atoms with Crippen molar-refractivity contribution in [1.82, 2.24) is 15.1 Å². The van der Waals surface area contributed by atoms with Gasteiger partial charge in [-0.3, -0.25) is 4.68 Å². The van der Waals surface area contributed by atoms with E-state index in [4.69, 9.17) is 5.10 Å². The second kappa shape index (κ2) is 14.0. The number of nitrogens with one attached hydrogen (secondary N) is 1. The summed E-state index contributed by atoms with van der Waals surface area (Å²) in [7, 11) is 0. The third-order valence-corrected chi connectivity index (χ3v) is 5.22. The summed E-state index contributed by atoms with van der Waals surface area (Å²) in [6.45, 7) is 17.7. The van der Waals surface area contributed by atoms with E-state index < -0.39 is 0 Å². The minimum Gasteiger partial charge on any atom is -0.381 e. The van der Waals surface area contributed by atoms with Gasteiger partial charge in [-0.1, -0.05) is 90.3 Å². The molecule has 0 radical (unpaired) electrons. The summed E-state index contributed by atoms with van der Waals surface area (Å²) in [5, 5.41) is 8.36. The molecule has 1 aliphatic rings. The molecule has 0 aliphatic heterocycles. The molecule has 29 heavy (non-hydrogen) atoms. The fourth-order valence-corrected chi connectivity index (χ4v) is 3.67. The second-order valence-corrected chi connectivity index (χ2v) is 7.83. The Bertz CT molecular complexity index is 681. The monoisotopic (exact) mass is 397 g/mol. The number of hydrogen-bond acceptors (Lipinski definition) is 2. The Morgan fingerprint density at radius 1 is 1.14 bits per heavy atom. The van der Waals surface area contributed by atoms with Gasteiger partial charge in [0.05, 0.1) is 12.2 Å². The van der Waals surface area contributed by atoms with Crippen molar-refractivity contribution in [2.24, 2.45) is 5.92 Å². The highest BCUT2D eigenvalue weighted by Crippen LogP contribution is 2.27. The molecule has 1 aromatic heterocycles. The lowest BCUT2D eigenvalue weighted by molar-refractivity contribution is 0.299. The van der Waals surface area contributed by atoms with Crippen LogP contribution in [0.4, 0.5) is 0 Å². The van der Waals surface area contributed by atoms with Crippen LogP contribution in [-0.2, 0) is 6.54 Å². The summed E-state index contributed by atoms with van der Waals surface area (Å²) in [6.07, 6.45) is 8.06. The van der Waals surface area contributed by atoms with Crippen LogP contribution in [0.2, 0.25) is 0 Å². The first kappa shape index (κ1) is 25.0. The highest BCUT2D eigenvalue weighted by Gasteiger charge is 2.21. The first-order valence-electron chi connectivity index (χ1n) is 11.6. The van der Waals surface area contributed by atoms with Crippen molar-refractivity contribution in [3.63, 3.8) is 0 Å². The Morgan fingerprint density at radius 3 is 2.31 bits per heavy atom. The maximum Gasteiger partial charge on any atom is 0.108 e. The fraction of sp³-hybridized carbons (Fsp3) is 0.577. The Kier molecular flexibility index (Phi) is 12.1. The molecule has 3 rings (SSSR count). The van der Waals surface area contributed by atoms with Crippen molar-refractivity contribution in [3.8, 4) is 0 Å². The molecule has 3 nitrogen and oxygen atoms in total. The largest absolute Gasteiger partial charge is 0.381 e. The molecule has 1 fully saturated rings. The Morgan fingerprint density at radius 2 is 1.72 bits per heavy atom. The van der Waals surface area contributed by atoms with E-state index in [1.54, 1.807) is 0 Å². The number of benzene rings is 1. The third kappa shape index (κ3) is 8.47. The van der Waals surface area contributed by atoms with E-state index in [0.717, 1.165) is 23.9 Å². The van der Waals surface area contributed by atoms with E-state index in [0.29, 0.717) is 6.04 Å². The van der Waals surface area contributed by atoms with E-state index in [-0.39, 0.29) is 0 Å². The van der Waals surface area contributed by atoms with Crippen LogP contribution in [0.5, 0.6) is 0 Å². The fourth-order valence-electron chi connectivity index (χ4n) is 3.67. The van der Waals surface area contributed by atoms with Crippen LogP contribution < -0.4 is 5.32 Å². The van der Waals surface area contributed by atoms with Gasteiger partial charge < -0.3 is 5.32 Å². The van der Waals surface area contributed by atoms with Crippen LogP contribution in [0.25, 0.3) is 5.70 Å². The summed E-state index contributed by atoms with van der Waals surface area (Å²) >= 11 is 0. The minimum absolute atomic E-state index is 0.470. The maximum absolute atomic E-state index is 4.76. The Hall–Kier alpha value is -2.03. The molecule has 0 spiro atoms. The van der Waals surface area contributed by atoms with Crippen LogP contribution in [-0.4, -0.2) is 15.8 Å². The maximum atomic E-state index is 4.76. The molecule has 1 N–H and O–H groups in total. The molecule has 1 heterocycles. The van der Waals surface area contributed by atoms with Gasteiger partial charge in [0.1, 0.15) is 5.69 Å². The van der Waals surface area contributed by atoms with Crippen LogP contribution in [0.1, 0.15) is 90.1 Å². The highest BCUT2D eigenvalue weighted by molar-refractivity contribution is 5.58. The minimum atomic E-state index is 0.470. The normalized spacial score (nSPS) is 14.7. The highest BCUT2D eigenvalue weighted by atomic mass is 15.3. The van der Waals surface area contributed by atoms with Crippen LogP contribution in [0.15, 0.2) is 43.0 Å². The molecule has 3 heteroatoms. The van der Waals surface area contributed by atoms with Gasteiger partial charge in [0.15, 0.2) is 0 Å². The molecule has 1 saturated carbocycles. The lowest BCUT2D eigenvalue weighted by Gasteiger charge is -2.29. The summed E-state index contributed by atoms with van der Waals surface area (Å²) in [5.74, 6) is 0.767. The second-order valence-electron chi connectivity index (χ2n) is 7.83. The Labute approximate surface area is 179 Å². The van der Waals surface area contributed by atoms with E-state index in [2.05, 4.69) is 74.6 Å². The van der Waals surface area contributed by atoms with Gasteiger partial charge in [0.2, 0.25) is 0 Å². The van der Waals surface area contributed by atoms with Crippen molar-refractivity contribution in [3.05, 3.63) is 59.9 Å². The van der Waals surface area contributed by atoms with Crippen molar-refractivity contribution >= 4 is 5.70 Å². The topological polar surface area (TPSA) is 29.9 Å². The zero-order valence-electron chi connectivity index (χ0n) is 19.7. The molecule has 0 amide bonds. The van der Waals surface area contributed by atoms with Crippen molar-refractivity contribution < 1.29 is 0 Å². The van der Waals surface area contributed by atoms with Gasteiger partial charge in [-0.05, 0) is 44.2 Å². The predicted molar refractivity (Wildman–Crippen MR) is 128 cm³/mol. The zero-order chi connectivity index (χ0) is 21.6. The predicted octanol–water partition coefficient (Wildman–Crippen LogP) is 7.21. The van der Waals surface area contributed by atoms with Crippen molar-refractivity contribution in [2.75, 3.05) is 0 Å². The van der Waals surface area contributed by atoms with E-state index >= 15 is 0 Å². The Balaban J connectivity index is 0.000000771. The van der Waals surface area contributed by atoms with E-state index in [1.807, 2.05) is 19.9 Å². The van der Waals surface area contributed by atoms with Gasteiger partial charge in [0.25, 0.3) is 0 Å². The van der Waals surface area contributed by atoms with Gasteiger partial charge >= 0.3 is 0 Å². The number of hydrogen-bond donors (Lipinski definition) is 1. The molecular weight excluding hydrogens is 354 g/mol. The molecule has 1 aliphatic carbocycles. The standard InChI is InChI=1S/C21H29N3.C3H8.C2H6/c1-16-14-21(23-24(16)15-19-10-6-4-7-11-19)18(3)22-17(2)20-12-8-5-9-13-20;1-3-2;1-2/h4,6-7,10-11,14,17,20,22H,3,5,8-9,12-13,15H2,1-2H3;3H2,1-2H3;1-2H3/t17-;;/m1../s1. The van der Waals surface area contributed by atoms with Gasteiger partial charge in [-0.15, -0.1) is 0 Å². The SMILES string of the molecule is C=C(N[C@H](C)C1CCCCC1)c1cc(C)n(Cc2ccccc2)n1.CC.CCC. The molecule has 1 atom stereocenters. The molecule has 0 saturated heterocycles. The molecule has 0 bridgehead atoms. The number of rotatable bonds is 6. The smallest absolute Gasteiger partial charge is 0.108 e. The third-order valence-electron chi connectivity index (χ3n) is 5.22. The molecule has 1 aromatic carbocycles. The van der Waals surface area contributed by atoms with Crippen LogP contribution in [0.3, 0.4) is 0 Å². The quantitative estimate of drug-likeness (QED) is 0.558. The van der Waals surface area contributed by atoms with Gasteiger partial charge in [-0.2, -0.15) is 5.10 Å². The van der Waals surface area contributed by atoms with E-state index in [1.165, 1.54) is 49.8 Å². The van der Waals surface area contributed by atoms with Crippen molar-refractivity contribution in [1.29, 1.82) is 0 Å². The van der Waals surface area contributed by atoms with Crippen LogP contribution in [0, 0.1) is 12.8 Å². The summed E-state index contributed by atoms with van der Waals surface area (Å²) < 4.78 is 2.06. The van der Waals surface area contributed by atoms with Gasteiger partial charge in [-0.25, -0.2) is 0 Å². The molecule has 162 valence electrons. The number of aryl methyl sites for hydroxylation is 1. The van der Waals surface area contributed by atoms with Crippen molar-refractivity contribution in [2.45, 2.75) is 92.7 Å². The molecular formula is C26H43N3. The van der Waals surface area contributed by atoms with E-state index in [9.17, 15) is 0 Å².